The van der Waals surface area contributed by atoms with E-state index in [2.05, 4.69) is 12.2 Å². The maximum Gasteiger partial charge on any atom is 0.139 e. The van der Waals surface area contributed by atoms with Gasteiger partial charge in [-0.15, -0.1) is 0 Å². The molecule has 3 rings (SSSR count). The molecule has 1 aliphatic heterocycles. The van der Waals surface area contributed by atoms with Gasteiger partial charge in [0, 0.05) is 24.4 Å². The quantitative estimate of drug-likeness (QED) is 0.879. The third-order valence-electron chi connectivity index (χ3n) is 4.70. The van der Waals surface area contributed by atoms with E-state index in [1.165, 1.54) is 24.3 Å². The van der Waals surface area contributed by atoms with E-state index in [0.717, 1.165) is 24.0 Å². The normalized spacial score (nSPS) is 24.1. The van der Waals surface area contributed by atoms with Gasteiger partial charge in [-0.3, -0.25) is 4.79 Å². The lowest BCUT2D eigenvalue weighted by molar-refractivity contribution is -0.127. The summed E-state index contributed by atoms with van der Waals surface area (Å²) in [4.78, 5) is 12.7. The van der Waals surface area contributed by atoms with Crippen molar-refractivity contribution in [1.82, 2.24) is 5.32 Å². The summed E-state index contributed by atoms with van der Waals surface area (Å²) in [5.74, 6) is -0.487. The fraction of sp³-hybridized carbons (Fsp3) is 0.350. The van der Waals surface area contributed by atoms with Crippen LogP contribution < -0.4 is 5.32 Å². The summed E-state index contributed by atoms with van der Waals surface area (Å²) in [6.45, 7) is 2.06. The number of Topliss-reactive ketones (excluding diaryl/α,β-unsaturated/α-hetero) is 1. The van der Waals surface area contributed by atoms with Gasteiger partial charge in [-0.25, -0.2) is 8.78 Å². The lowest BCUT2D eigenvalue weighted by Crippen LogP contribution is -2.42. The van der Waals surface area contributed by atoms with Crippen LogP contribution in [0.25, 0.3) is 0 Å². The van der Waals surface area contributed by atoms with Crippen molar-refractivity contribution in [2.24, 2.45) is 5.92 Å². The fourth-order valence-corrected chi connectivity index (χ4v) is 3.48. The average Bonchev–Trinajstić information content (AvgIpc) is 2.58. The van der Waals surface area contributed by atoms with Gasteiger partial charge in [-0.1, -0.05) is 37.6 Å². The van der Waals surface area contributed by atoms with Crippen LogP contribution in [0.2, 0.25) is 0 Å². The second-order valence-electron chi connectivity index (χ2n) is 6.37. The number of hydrogen-bond acceptors (Lipinski definition) is 2. The highest BCUT2D eigenvalue weighted by atomic mass is 19.1. The number of hydrogen-bond donors (Lipinski definition) is 1. The lowest BCUT2D eigenvalue weighted by Gasteiger charge is -2.37. The summed E-state index contributed by atoms with van der Waals surface area (Å²) >= 11 is 0. The number of rotatable bonds is 4. The Morgan fingerprint density at radius 2 is 1.50 bits per heavy atom. The standard InChI is InChI=1S/C20H21F2NO/c1-2-3-17-19(24)12-18(13-4-8-15(21)9-5-13)23-20(17)14-6-10-16(22)11-7-14/h4-11,17-18,20,23H,2-3,12H2,1H3. The molecule has 4 heteroatoms. The Labute approximate surface area is 140 Å². The van der Waals surface area contributed by atoms with Gasteiger partial charge in [-0.05, 0) is 41.8 Å². The molecule has 1 aliphatic rings. The van der Waals surface area contributed by atoms with E-state index in [-0.39, 0.29) is 35.4 Å². The minimum atomic E-state index is -0.292. The van der Waals surface area contributed by atoms with E-state index in [1.54, 1.807) is 24.3 Å². The maximum absolute atomic E-state index is 13.2. The SMILES string of the molecule is CCCC1C(=O)CC(c2ccc(F)cc2)NC1c1ccc(F)cc1. The highest BCUT2D eigenvalue weighted by molar-refractivity contribution is 5.83. The van der Waals surface area contributed by atoms with Crippen molar-refractivity contribution in [2.45, 2.75) is 38.3 Å². The van der Waals surface area contributed by atoms with Gasteiger partial charge in [-0.2, -0.15) is 0 Å². The molecule has 2 nitrogen and oxygen atoms in total. The fourth-order valence-electron chi connectivity index (χ4n) is 3.48. The van der Waals surface area contributed by atoms with Crippen molar-refractivity contribution in [2.75, 3.05) is 0 Å². The smallest absolute Gasteiger partial charge is 0.139 e. The summed E-state index contributed by atoms with van der Waals surface area (Å²) in [5.41, 5.74) is 1.81. The molecule has 24 heavy (non-hydrogen) atoms. The molecule has 1 N–H and O–H groups in total. The number of nitrogens with one attached hydrogen (secondary N) is 1. The summed E-state index contributed by atoms with van der Waals surface area (Å²) in [6, 6.07) is 12.2. The first-order valence-corrected chi connectivity index (χ1v) is 8.38. The van der Waals surface area contributed by atoms with E-state index in [1.807, 2.05) is 0 Å². The summed E-state index contributed by atoms with van der Waals surface area (Å²) in [6.07, 6.45) is 2.11. The van der Waals surface area contributed by atoms with Crippen molar-refractivity contribution < 1.29 is 13.6 Å². The minimum Gasteiger partial charge on any atom is -0.302 e. The van der Waals surface area contributed by atoms with Crippen molar-refractivity contribution in [3.63, 3.8) is 0 Å². The van der Waals surface area contributed by atoms with E-state index in [9.17, 15) is 13.6 Å². The molecular weight excluding hydrogens is 308 g/mol. The zero-order valence-electron chi connectivity index (χ0n) is 13.6. The number of piperidine rings is 1. The molecule has 0 aromatic heterocycles. The zero-order chi connectivity index (χ0) is 17.1. The van der Waals surface area contributed by atoms with Gasteiger partial charge in [0.1, 0.15) is 17.4 Å². The van der Waals surface area contributed by atoms with Gasteiger partial charge < -0.3 is 5.32 Å². The Hall–Kier alpha value is -2.07. The maximum atomic E-state index is 13.2. The van der Waals surface area contributed by atoms with Crippen LogP contribution in [0.15, 0.2) is 48.5 Å². The molecule has 2 aromatic rings. The number of ketones is 1. The highest BCUT2D eigenvalue weighted by Crippen LogP contribution is 2.37. The Balaban J connectivity index is 1.90. The van der Waals surface area contributed by atoms with Crippen molar-refractivity contribution in [1.29, 1.82) is 0 Å². The Morgan fingerprint density at radius 3 is 2.04 bits per heavy atom. The monoisotopic (exact) mass is 329 g/mol. The van der Waals surface area contributed by atoms with Crippen molar-refractivity contribution >= 4 is 5.78 Å². The molecule has 0 amide bonds. The molecule has 126 valence electrons. The van der Waals surface area contributed by atoms with Crippen LogP contribution in [0, 0.1) is 17.6 Å². The van der Waals surface area contributed by atoms with Crippen LogP contribution in [-0.4, -0.2) is 5.78 Å². The molecule has 3 atom stereocenters. The molecule has 0 saturated carbocycles. The van der Waals surface area contributed by atoms with Crippen LogP contribution in [0.5, 0.6) is 0 Å². The molecule has 2 aromatic carbocycles. The highest BCUT2D eigenvalue weighted by Gasteiger charge is 2.36. The molecule has 0 aliphatic carbocycles. The molecule has 1 heterocycles. The second-order valence-corrected chi connectivity index (χ2v) is 6.37. The molecular formula is C20H21F2NO. The largest absolute Gasteiger partial charge is 0.302 e. The molecule has 0 radical (unpaired) electrons. The molecule has 1 saturated heterocycles. The Kier molecular flexibility index (Phi) is 5.05. The van der Waals surface area contributed by atoms with Crippen molar-refractivity contribution in [3.05, 3.63) is 71.3 Å². The van der Waals surface area contributed by atoms with E-state index >= 15 is 0 Å². The first kappa shape index (κ1) is 16.8. The number of benzene rings is 2. The summed E-state index contributed by atoms with van der Waals surface area (Å²) in [7, 11) is 0. The molecule has 1 fully saturated rings. The van der Waals surface area contributed by atoms with Gasteiger partial charge in [0.25, 0.3) is 0 Å². The number of halogens is 2. The van der Waals surface area contributed by atoms with Crippen LogP contribution in [0.1, 0.15) is 49.4 Å². The third-order valence-corrected chi connectivity index (χ3v) is 4.70. The number of carbonyl (C=O) groups is 1. The van der Waals surface area contributed by atoms with E-state index < -0.39 is 0 Å². The van der Waals surface area contributed by atoms with Gasteiger partial charge in [0.15, 0.2) is 0 Å². The Morgan fingerprint density at radius 1 is 0.958 bits per heavy atom. The summed E-state index contributed by atoms with van der Waals surface area (Å²) < 4.78 is 26.4. The minimum absolute atomic E-state index is 0.114. The van der Waals surface area contributed by atoms with Crippen LogP contribution in [0.4, 0.5) is 8.78 Å². The molecule has 0 spiro atoms. The number of carbonyl (C=O) groups excluding carboxylic acids is 1. The average molecular weight is 329 g/mol. The van der Waals surface area contributed by atoms with Gasteiger partial charge in [0.2, 0.25) is 0 Å². The second kappa shape index (κ2) is 7.22. The summed E-state index contributed by atoms with van der Waals surface area (Å²) in [5, 5.41) is 3.52. The van der Waals surface area contributed by atoms with Crippen molar-refractivity contribution in [3.8, 4) is 0 Å². The third kappa shape index (κ3) is 3.54. The van der Waals surface area contributed by atoms with E-state index in [0.29, 0.717) is 6.42 Å². The topological polar surface area (TPSA) is 29.1 Å². The predicted octanol–water partition coefficient (Wildman–Crippen LogP) is 4.73. The molecule has 0 bridgehead atoms. The van der Waals surface area contributed by atoms with Crippen LogP contribution in [0.3, 0.4) is 0 Å². The van der Waals surface area contributed by atoms with Crippen LogP contribution in [-0.2, 0) is 4.79 Å². The Bertz CT molecular complexity index is 697. The van der Waals surface area contributed by atoms with Gasteiger partial charge >= 0.3 is 0 Å². The lowest BCUT2D eigenvalue weighted by atomic mass is 9.79. The predicted molar refractivity (Wildman–Crippen MR) is 89.4 cm³/mol. The first-order valence-electron chi connectivity index (χ1n) is 8.38. The molecule has 3 unspecified atom stereocenters. The van der Waals surface area contributed by atoms with E-state index in [4.69, 9.17) is 0 Å². The van der Waals surface area contributed by atoms with Crippen LogP contribution >= 0.6 is 0 Å². The van der Waals surface area contributed by atoms with Gasteiger partial charge in [0.05, 0.1) is 0 Å². The first-order chi connectivity index (χ1) is 11.6. The zero-order valence-corrected chi connectivity index (χ0v) is 13.6.